The second kappa shape index (κ2) is 4.56. The molecule has 1 saturated carbocycles. The molecule has 0 unspecified atom stereocenters. The molecule has 2 heterocycles. The lowest BCUT2D eigenvalue weighted by Crippen LogP contribution is -2.02. The molecule has 0 saturated heterocycles. The molecule has 2 aromatic rings. The summed E-state index contributed by atoms with van der Waals surface area (Å²) in [5, 5.41) is 0. The van der Waals surface area contributed by atoms with E-state index < -0.39 is 0 Å². The van der Waals surface area contributed by atoms with Crippen LogP contribution in [0.4, 0.5) is 5.82 Å². The molecular weight excluding hydrogens is 304 g/mol. The summed E-state index contributed by atoms with van der Waals surface area (Å²) < 4.78 is 0.848. The van der Waals surface area contributed by atoms with Crippen LogP contribution in [0.5, 0.6) is 0 Å². The molecule has 2 N–H and O–H groups in total. The van der Waals surface area contributed by atoms with Gasteiger partial charge in [0.15, 0.2) is 5.82 Å². The maximum Gasteiger partial charge on any atom is 0.161 e. The number of nitrogen functional groups attached to an aromatic ring is 1. The normalized spacial score (nSPS) is 14.7. The average Bonchev–Trinajstić information content (AvgIpc) is 3.15. The standard InChI is InChI=1S/C14H15BrN4/c1-7-5-10(6-8(2)17-7)14-18-12(9-3-4-9)11(15)13(16)19-14/h5-6,9H,3-4H2,1-2H3,(H2,16,18,19). The summed E-state index contributed by atoms with van der Waals surface area (Å²) in [6.45, 7) is 3.95. The van der Waals surface area contributed by atoms with E-state index in [1.54, 1.807) is 0 Å². The maximum atomic E-state index is 5.99. The zero-order valence-corrected chi connectivity index (χ0v) is 12.5. The third-order valence-electron chi connectivity index (χ3n) is 3.21. The lowest BCUT2D eigenvalue weighted by atomic mass is 10.1. The molecule has 2 aromatic heterocycles. The summed E-state index contributed by atoms with van der Waals surface area (Å²) in [5.41, 5.74) is 9.93. The van der Waals surface area contributed by atoms with Gasteiger partial charge in [0.05, 0.1) is 10.2 Å². The molecule has 0 spiro atoms. The van der Waals surface area contributed by atoms with Crippen molar-refractivity contribution in [2.75, 3.05) is 5.73 Å². The Morgan fingerprint density at radius 2 is 1.74 bits per heavy atom. The van der Waals surface area contributed by atoms with Gasteiger partial charge in [0, 0.05) is 22.9 Å². The first-order valence-electron chi connectivity index (χ1n) is 6.33. The Hall–Kier alpha value is -1.49. The number of hydrogen-bond acceptors (Lipinski definition) is 4. The highest BCUT2D eigenvalue weighted by Gasteiger charge is 2.29. The van der Waals surface area contributed by atoms with Crippen molar-refractivity contribution in [1.82, 2.24) is 15.0 Å². The first-order valence-corrected chi connectivity index (χ1v) is 7.12. The Bertz CT molecular complexity index is 630. The van der Waals surface area contributed by atoms with Crippen LogP contribution in [0.15, 0.2) is 16.6 Å². The average molecular weight is 319 g/mol. The van der Waals surface area contributed by atoms with Crippen molar-refractivity contribution < 1.29 is 0 Å². The van der Waals surface area contributed by atoms with E-state index in [9.17, 15) is 0 Å². The number of aryl methyl sites for hydroxylation is 2. The summed E-state index contributed by atoms with van der Waals surface area (Å²) >= 11 is 3.49. The Morgan fingerprint density at radius 1 is 1.11 bits per heavy atom. The van der Waals surface area contributed by atoms with Crippen LogP contribution in [-0.2, 0) is 0 Å². The van der Waals surface area contributed by atoms with Crippen molar-refractivity contribution in [3.8, 4) is 11.4 Å². The van der Waals surface area contributed by atoms with Crippen molar-refractivity contribution in [3.05, 3.63) is 33.7 Å². The second-order valence-electron chi connectivity index (χ2n) is 5.04. The van der Waals surface area contributed by atoms with Gasteiger partial charge in [-0.05, 0) is 54.8 Å². The molecule has 0 atom stereocenters. The Balaban J connectivity index is 2.14. The smallest absolute Gasteiger partial charge is 0.161 e. The minimum Gasteiger partial charge on any atom is -0.383 e. The van der Waals surface area contributed by atoms with Gasteiger partial charge in [-0.25, -0.2) is 9.97 Å². The molecule has 4 nitrogen and oxygen atoms in total. The van der Waals surface area contributed by atoms with E-state index in [1.165, 1.54) is 12.8 Å². The van der Waals surface area contributed by atoms with Crippen molar-refractivity contribution in [2.45, 2.75) is 32.6 Å². The number of nitrogens with two attached hydrogens (primary N) is 1. The number of halogens is 1. The van der Waals surface area contributed by atoms with Gasteiger partial charge in [0.2, 0.25) is 0 Å². The van der Waals surface area contributed by atoms with Crippen LogP contribution < -0.4 is 5.73 Å². The Kier molecular flexibility index (Phi) is 3.01. The fourth-order valence-electron chi connectivity index (χ4n) is 2.20. The van der Waals surface area contributed by atoms with E-state index in [1.807, 2.05) is 26.0 Å². The van der Waals surface area contributed by atoms with Crippen LogP contribution in [0, 0.1) is 13.8 Å². The molecule has 1 aliphatic carbocycles. The van der Waals surface area contributed by atoms with Gasteiger partial charge in [-0.2, -0.15) is 0 Å². The second-order valence-corrected chi connectivity index (χ2v) is 5.84. The molecule has 0 amide bonds. The predicted octanol–water partition coefficient (Wildman–Crippen LogP) is 3.38. The summed E-state index contributed by atoms with van der Waals surface area (Å²) in [6.07, 6.45) is 2.37. The van der Waals surface area contributed by atoms with E-state index in [-0.39, 0.29) is 0 Å². The van der Waals surface area contributed by atoms with Crippen molar-refractivity contribution in [1.29, 1.82) is 0 Å². The largest absolute Gasteiger partial charge is 0.383 e. The highest BCUT2D eigenvalue weighted by Crippen LogP contribution is 2.43. The van der Waals surface area contributed by atoms with Crippen LogP contribution in [-0.4, -0.2) is 15.0 Å². The summed E-state index contributed by atoms with van der Waals surface area (Å²) in [5.74, 6) is 1.73. The van der Waals surface area contributed by atoms with Crippen LogP contribution >= 0.6 is 15.9 Å². The fourth-order valence-corrected chi connectivity index (χ4v) is 2.70. The summed E-state index contributed by atoms with van der Waals surface area (Å²) in [7, 11) is 0. The SMILES string of the molecule is Cc1cc(-c2nc(N)c(Br)c(C3CC3)n2)cc(C)n1. The van der Waals surface area contributed by atoms with E-state index in [4.69, 9.17) is 5.73 Å². The number of hydrogen-bond donors (Lipinski definition) is 1. The van der Waals surface area contributed by atoms with Gasteiger partial charge in [-0.15, -0.1) is 0 Å². The van der Waals surface area contributed by atoms with E-state index in [2.05, 4.69) is 30.9 Å². The van der Waals surface area contributed by atoms with Crippen molar-refractivity contribution in [2.24, 2.45) is 0 Å². The summed E-state index contributed by atoms with van der Waals surface area (Å²) in [6, 6.07) is 3.98. The van der Waals surface area contributed by atoms with Gasteiger partial charge in [-0.1, -0.05) is 0 Å². The van der Waals surface area contributed by atoms with Gasteiger partial charge >= 0.3 is 0 Å². The Morgan fingerprint density at radius 3 is 2.32 bits per heavy atom. The number of nitrogens with zero attached hydrogens (tertiary/aromatic N) is 3. The fraction of sp³-hybridized carbons (Fsp3) is 0.357. The van der Waals surface area contributed by atoms with Gasteiger partial charge in [-0.3, -0.25) is 4.98 Å². The lowest BCUT2D eigenvalue weighted by Gasteiger charge is -2.09. The highest BCUT2D eigenvalue weighted by atomic mass is 79.9. The molecule has 0 aromatic carbocycles. The van der Waals surface area contributed by atoms with Crippen LogP contribution in [0.1, 0.15) is 35.8 Å². The molecule has 1 aliphatic rings. The molecule has 5 heteroatoms. The lowest BCUT2D eigenvalue weighted by molar-refractivity contribution is 0.981. The third-order valence-corrected chi connectivity index (χ3v) is 4.02. The van der Waals surface area contributed by atoms with Crippen LogP contribution in [0.2, 0.25) is 0 Å². The molecule has 98 valence electrons. The highest BCUT2D eigenvalue weighted by molar-refractivity contribution is 9.10. The quantitative estimate of drug-likeness (QED) is 0.921. The molecule has 0 radical (unpaired) electrons. The molecule has 3 rings (SSSR count). The van der Waals surface area contributed by atoms with E-state index in [0.717, 1.165) is 27.1 Å². The first kappa shape index (κ1) is 12.5. The molecule has 1 fully saturated rings. The van der Waals surface area contributed by atoms with Crippen molar-refractivity contribution in [3.63, 3.8) is 0 Å². The molecule has 0 aliphatic heterocycles. The third kappa shape index (κ3) is 2.47. The minimum atomic E-state index is 0.513. The zero-order chi connectivity index (χ0) is 13.6. The monoisotopic (exact) mass is 318 g/mol. The topological polar surface area (TPSA) is 64.7 Å². The molecule has 19 heavy (non-hydrogen) atoms. The molecule has 0 bridgehead atoms. The van der Waals surface area contributed by atoms with Gasteiger partial charge in [0.25, 0.3) is 0 Å². The maximum absolute atomic E-state index is 5.99. The number of anilines is 1. The first-order chi connectivity index (χ1) is 9.04. The minimum absolute atomic E-state index is 0.513. The number of aromatic nitrogens is 3. The van der Waals surface area contributed by atoms with E-state index in [0.29, 0.717) is 17.6 Å². The predicted molar refractivity (Wildman–Crippen MR) is 78.8 cm³/mol. The van der Waals surface area contributed by atoms with E-state index >= 15 is 0 Å². The van der Waals surface area contributed by atoms with Gasteiger partial charge in [0.1, 0.15) is 5.82 Å². The van der Waals surface area contributed by atoms with Crippen LogP contribution in [0.25, 0.3) is 11.4 Å². The Labute approximate surface area is 120 Å². The van der Waals surface area contributed by atoms with Crippen molar-refractivity contribution >= 4 is 21.7 Å². The van der Waals surface area contributed by atoms with Crippen LogP contribution in [0.3, 0.4) is 0 Å². The summed E-state index contributed by atoms with van der Waals surface area (Å²) in [4.78, 5) is 13.4. The number of rotatable bonds is 2. The number of pyridine rings is 1. The molecular formula is C14H15BrN4. The zero-order valence-electron chi connectivity index (χ0n) is 10.9. The van der Waals surface area contributed by atoms with Gasteiger partial charge < -0.3 is 5.73 Å².